The minimum Gasteiger partial charge on any atom is -0.490 e. The molecule has 2 N–H and O–H groups in total. The van der Waals surface area contributed by atoms with Crippen LogP contribution in [0.2, 0.25) is 0 Å². The molecule has 0 bridgehead atoms. The molecule has 0 spiro atoms. The predicted octanol–water partition coefficient (Wildman–Crippen LogP) is 2.96. The van der Waals surface area contributed by atoms with Crippen LogP contribution >= 0.6 is 11.8 Å². The van der Waals surface area contributed by atoms with Crippen molar-refractivity contribution in [1.29, 1.82) is 0 Å². The van der Waals surface area contributed by atoms with Crippen molar-refractivity contribution in [3.05, 3.63) is 53.6 Å². The summed E-state index contributed by atoms with van der Waals surface area (Å²) in [7, 11) is 0. The van der Waals surface area contributed by atoms with E-state index in [0.717, 1.165) is 16.8 Å². The van der Waals surface area contributed by atoms with E-state index >= 15 is 0 Å². The summed E-state index contributed by atoms with van der Waals surface area (Å²) in [5.74, 6) is 0.965. The third-order valence-corrected chi connectivity index (χ3v) is 4.73. The first-order valence-corrected chi connectivity index (χ1v) is 10.3. The second-order valence-corrected chi connectivity index (χ2v) is 7.30. The normalized spacial score (nSPS) is 14.7. The zero-order chi connectivity index (χ0) is 21.3. The van der Waals surface area contributed by atoms with Gasteiger partial charge in [-0.3, -0.25) is 9.59 Å². The SMILES string of the molecule is CCOc1cc(C=NN=C2NC(=O)CS2)ccc1OCC(=O)Nc1cccc(C)c1. The minimum absolute atomic E-state index is 0.0829. The van der Waals surface area contributed by atoms with Gasteiger partial charge in [0.05, 0.1) is 18.6 Å². The number of benzene rings is 2. The quantitative estimate of drug-likeness (QED) is 0.499. The summed E-state index contributed by atoms with van der Waals surface area (Å²) in [4.78, 5) is 23.3. The number of aryl methyl sites for hydroxylation is 1. The summed E-state index contributed by atoms with van der Waals surface area (Å²) in [6.07, 6.45) is 1.55. The Bertz CT molecular complexity index is 991. The molecule has 0 saturated carbocycles. The number of thioether (sulfide) groups is 1. The van der Waals surface area contributed by atoms with Gasteiger partial charge in [0.2, 0.25) is 5.91 Å². The number of amidine groups is 1. The molecule has 1 saturated heterocycles. The average molecular weight is 426 g/mol. The van der Waals surface area contributed by atoms with Gasteiger partial charge in [0.15, 0.2) is 23.3 Å². The van der Waals surface area contributed by atoms with Gasteiger partial charge in [-0.05, 0) is 55.3 Å². The molecule has 2 amide bonds. The fraction of sp³-hybridized carbons (Fsp3) is 0.238. The Morgan fingerprint density at radius 1 is 1.23 bits per heavy atom. The van der Waals surface area contributed by atoms with E-state index in [9.17, 15) is 9.59 Å². The van der Waals surface area contributed by atoms with E-state index in [2.05, 4.69) is 20.8 Å². The number of nitrogens with zero attached hydrogens (tertiary/aromatic N) is 2. The van der Waals surface area contributed by atoms with Gasteiger partial charge in [-0.2, -0.15) is 5.10 Å². The Kier molecular flexibility index (Phi) is 7.45. The Hall–Kier alpha value is -3.33. The largest absolute Gasteiger partial charge is 0.490 e. The van der Waals surface area contributed by atoms with Crippen LogP contribution in [0.4, 0.5) is 5.69 Å². The number of hydrogen-bond acceptors (Lipinski definition) is 7. The lowest BCUT2D eigenvalue weighted by molar-refractivity contribution is -0.118. The smallest absolute Gasteiger partial charge is 0.262 e. The first-order chi connectivity index (χ1) is 14.5. The summed E-state index contributed by atoms with van der Waals surface area (Å²) in [5.41, 5.74) is 2.52. The Morgan fingerprint density at radius 2 is 2.10 bits per heavy atom. The van der Waals surface area contributed by atoms with Crippen molar-refractivity contribution in [2.24, 2.45) is 10.2 Å². The van der Waals surface area contributed by atoms with E-state index in [0.29, 0.717) is 29.0 Å². The van der Waals surface area contributed by atoms with E-state index in [1.807, 2.05) is 38.1 Å². The maximum Gasteiger partial charge on any atom is 0.262 e. The molecule has 0 aliphatic carbocycles. The number of carbonyl (C=O) groups is 2. The van der Waals surface area contributed by atoms with E-state index in [-0.39, 0.29) is 18.4 Å². The Balaban J connectivity index is 1.61. The summed E-state index contributed by atoms with van der Waals surface area (Å²) in [6, 6.07) is 12.8. The average Bonchev–Trinajstić information content (AvgIpc) is 3.13. The summed E-state index contributed by atoms with van der Waals surface area (Å²) in [6.45, 7) is 4.12. The van der Waals surface area contributed by atoms with E-state index in [1.165, 1.54) is 11.8 Å². The number of nitrogens with one attached hydrogen (secondary N) is 2. The fourth-order valence-corrected chi connectivity index (χ4v) is 3.21. The first-order valence-electron chi connectivity index (χ1n) is 9.33. The van der Waals surface area contributed by atoms with Crippen LogP contribution in [-0.4, -0.2) is 42.2 Å². The summed E-state index contributed by atoms with van der Waals surface area (Å²) in [5, 5.41) is 13.8. The van der Waals surface area contributed by atoms with Gasteiger partial charge in [0.25, 0.3) is 5.91 Å². The van der Waals surface area contributed by atoms with Gasteiger partial charge in [-0.15, -0.1) is 5.10 Å². The number of ether oxygens (including phenoxy) is 2. The maximum absolute atomic E-state index is 12.2. The molecular weight excluding hydrogens is 404 g/mol. The Morgan fingerprint density at radius 3 is 2.83 bits per heavy atom. The lowest BCUT2D eigenvalue weighted by Crippen LogP contribution is -2.20. The topological polar surface area (TPSA) is 101 Å². The van der Waals surface area contributed by atoms with Crippen molar-refractivity contribution < 1.29 is 19.1 Å². The molecule has 0 unspecified atom stereocenters. The van der Waals surface area contributed by atoms with Crippen LogP contribution in [0.3, 0.4) is 0 Å². The van der Waals surface area contributed by atoms with Crippen molar-refractivity contribution in [2.45, 2.75) is 13.8 Å². The zero-order valence-corrected chi connectivity index (χ0v) is 17.5. The number of carbonyl (C=O) groups excluding carboxylic acids is 2. The van der Waals surface area contributed by atoms with E-state index in [4.69, 9.17) is 9.47 Å². The molecule has 2 aromatic rings. The predicted molar refractivity (Wildman–Crippen MR) is 119 cm³/mol. The number of amides is 2. The van der Waals surface area contributed by atoms with Gasteiger partial charge in [0, 0.05) is 5.69 Å². The van der Waals surface area contributed by atoms with Gasteiger partial charge >= 0.3 is 0 Å². The second-order valence-electron chi connectivity index (χ2n) is 6.33. The summed E-state index contributed by atoms with van der Waals surface area (Å²) >= 11 is 1.30. The number of rotatable bonds is 8. The van der Waals surface area contributed by atoms with E-state index < -0.39 is 0 Å². The second kappa shape index (κ2) is 10.4. The lowest BCUT2D eigenvalue weighted by atomic mass is 10.2. The van der Waals surface area contributed by atoms with Crippen LogP contribution in [0, 0.1) is 6.92 Å². The number of anilines is 1. The van der Waals surface area contributed by atoms with Crippen LogP contribution in [-0.2, 0) is 9.59 Å². The standard InChI is InChI=1S/C21H22N4O4S/c1-3-28-18-10-15(11-22-25-21-24-20(27)13-30-21)7-8-17(18)29-12-19(26)23-16-6-4-5-14(2)9-16/h4-11H,3,12-13H2,1-2H3,(H,23,26)(H,24,25,27). The van der Waals surface area contributed by atoms with Crippen LogP contribution in [0.15, 0.2) is 52.7 Å². The van der Waals surface area contributed by atoms with Crippen LogP contribution in [0.25, 0.3) is 0 Å². The highest BCUT2D eigenvalue weighted by Gasteiger charge is 2.16. The fourth-order valence-electron chi connectivity index (χ4n) is 2.58. The van der Waals surface area contributed by atoms with Gasteiger partial charge in [0.1, 0.15) is 0 Å². The molecule has 0 aromatic heterocycles. The van der Waals surface area contributed by atoms with Gasteiger partial charge in [-0.1, -0.05) is 23.9 Å². The highest BCUT2D eigenvalue weighted by atomic mass is 32.2. The third kappa shape index (κ3) is 6.35. The molecule has 156 valence electrons. The highest BCUT2D eigenvalue weighted by Crippen LogP contribution is 2.28. The minimum atomic E-state index is -0.263. The van der Waals surface area contributed by atoms with Gasteiger partial charge in [-0.25, -0.2) is 0 Å². The van der Waals surface area contributed by atoms with Gasteiger partial charge < -0.3 is 20.1 Å². The van der Waals surface area contributed by atoms with Crippen molar-refractivity contribution in [3.8, 4) is 11.5 Å². The lowest BCUT2D eigenvalue weighted by Gasteiger charge is -2.12. The molecule has 1 aliphatic heterocycles. The Labute approximate surface area is 178 Å². The number of hydrogen-bond donors (Lipinski definition) is 2. The molecule has 1 heterocycles. The molecule has 30 heavy (non-hydrogen) atoms. The molecule has 9 heteroatoms. The van der Waals surface area contributed by atoms with E-state index in [1.54, 1.807) is 24.4 Å². The first kappa shape index (κ1) is 21.4. The monoisotopic (exact) mass is 426 g/mol. The molecule has 0 radical (unpaired) electrons. The molecule has 2 aromatic carbocycles. The van der Waals surface area contributed by atoms with Crippen LogP contribution in [0.5, 0.6) is 11.5 Å². The zero-order valence-electron chi connectivity index (χ0n) is 16.7. The van der Waals surface area contributed by atoms with Crippen LogP contribution in [0.1, 0.15) is 18.1 Å². The third-order valence-electron chi connectivity index (χ3n) is 3.87. The highest BCUT2D eigenvalue weighted by molar-refractivity contribution is 8.15. The molecule has 8 nitrogen and oxygen atoms in total. The van der Waals surface area contributed by atoms with Crippen LogP contribution < -0.4 is 20.1 Å². The summed E-state index contributed by atoms with van der Waals surface area (Å²) < 4.78 is 11.3. The van der Waals surface area contributed by atoms with Crippen molar-refractivity contribution in [3.63, 3.8) is 0 Å². The van der Waals surface area contributed by atoms with Crippen molar-refractivity contribution in [2.75, 3.05) is 24.3 Å². The molecule has 3 rings (SSSR count). The molecule has 1 aliphatic rings. The van der Waals surface area contributed by atoms with Crippen molar-refractivity contribution in [1.82, 2.24) is 5.32 Å². The molecule has 1 fully saturated rings. The molecule has 0 atom stereocenters. The van der Waals surface area contributed by atoms with Crippen molar-refractivity contribution >= 4 is 40.6 Å². The molecular formula is C21H22N4O4S. The maximum atomic E-state index is 12.2.